The molecule has 0 radical (unpaired) electrons. The lowest BCUT2D eigenvalue weighted by Crippen LogP contribution is -1.96. The normalized spacial score (nSPS) is 10.7. The lowest BCUT2D eigenvalue weighted by Gasteiger charge is -2.05. The summed E-state index contributed by atoms with van der Waals surface area (Å²) >= 11 is 7.55. The van der Waals surface area contributed by atoms with E-state index in [1.165, 1.54) is 4.88 Å². The van der Waals surface area contributed by atoms with Gasteiger partial charge < -0.3 is 9.73 Å². The summed E-state index contributed by atoms with van der Waals surface area (Å²) in [6, 6.07) is 10.1. The predicted molar refractivity (Wildman–Crippen MR) is 83.3 cm³/mol. The van der Waals surface area contributed by atoms with Crippen LogP contribution in [0.5, 0.6) is 0 Å². The number of thiophene rings is 1. The summed E-state index contributed by atoms with van der Waals surface area (Å²) < 4.78 is 5.22. The third-order valence-corrected chi connectivity index (χ3v) is 4.17. The van der Waals surface area contributed by atoms with Crippen LogP contribution in [0.25, 0.3) is 11.3 Å². The molecule has 1 aromatic carbocycles. The molecule has 0 aliphatic heterocycles. The number of nitrogens with one attached hydrogen (secondary N) is 1. The maximum absolute atomic E-state index is 5.90. The summed E-state index contributed by atoms with van der Waals surface area (Å²) in [7, 11) is 0. The van der Waals surface area contributed by atoms with Gasteiger partial charge in [0.25, 0.3) is 0 Å². The summed E-state index contributed by atoms with van der Waals surface area (Å²) in [5, 5.41) is 6.10. The zero-order valence-electron chi connectivity index (χ0n) is 10.9. The van der Waals surface area contributed by atoms with Crippen LogP contribution in [0.4, 0.5) is 5.69 Å². The molecular weight excluding hydrogens is 292 g/mol. The second-order valence-electron chi connectivity index (χ2n) is 4.41. The van der Waals surface area contributed by atoms with Gasteiger partial charge in [0.05, 0.1) is 5.02 Å². The zero-order valence-corrected chi connectivity index (χ0v) is 12.5. The maximum Gasteiger partial charge on any atom is 0.191 e. The number of hydrogen-bond donors (Lipinski definition) is 1. The number of hydrogen-bond acceptors (Lipinski definition) is 4. The van der Waals surface area contributed by atoms with Gasteiger partial charge in [-0.15, -0.1) is 11.3 Å². The summed E-state index contributed by atoms with van der Waals surface area (Å²) in [5.74, 6) is 0.678. The lowest BCUT2D eigenvalue weighted by molar-refractivity contribution is 0.521. The Morgan fingerprint density at radius 2 is 2.10 bits per heavy atom. The first-order valence-corrected chi connectivity index (χ1v) is 7.46. The Morgan fingerprint density at radius 1 is 1.30 bits per heavy atom. The van der Waals surface area contributed by atoms with Crippen LogP contribution in [-0.2, 0) is 6.54 Å². The zero-order chi connectivity index (χ0) is 13.9. The molecule has 3 rings (SSSR count). The van der Waals surface area contributed by atoms with Crippen LogP contribution in [0, 0.1) is 6.92 Å². The van der Waals surface area contributed by atoms with Gasteiger partial charge in [-0.25, -0.2) is 4.98 Å². The molecule has 0 amide bonds. The van der Waals surface area contributed by atoms with Gasteiger partial charge in [0.15, 0.2) is 5.89 Å². The molecule has 102 valence electrons. The van der Waals surface area contributed by atoms with Crippen molar-refractivity contribution in [3.63, 3.8) is 0 Å². The second-order valence-corrected chi connectivity index (χ2v) is 5.85. The van der Waals surface area contributed by atoms with E-state index in [0.717, 1.165) is 28.5 Å². The van der Waals surface area contributed by atoms with Crippen LogP contribution in [0.2, 0.25) is 5.02 Å². The maximum atomic E-state index is 5.90. The molecule has 3 aromatic rings. The molecule has 2 heterocycles. The number of oxazole rings is 1. The van der Waals surface area contributed by atoms with Gasteiger partial charge in [-0.2, -0.15) is 0 Å². The first kappa shape index (κ1) is 13.2. The SMILES string of the molecule is Cc1nc(-c2ccc(NCc3cc(Cl)cs3)cc2)co1. The summed E-state index contributed by atoms with van der Waals surface area (Å²) in [6.07, 6.45) is 1.67. The minimum absolute atomic E-state index is 0.678. The fraction of sp³-hybridized carbons (Fsp3) is 0.133. The number of benzene rings is 1. The standard InChI is InChI=1S/C15H13ClN2OS/c1-10-18-15(8-19-10)11-2-4-13(5-3-11)17-7-14-6-12(16)9-20-14/h2-6,8-9,17H,7H2,1H3. The van der Waals surface area contributed by atoms with E-state index in [1.54, 1.807) is 17.6 Å². The van der Waals surface area contributed by atoms with E-state index in [2.05, 4.69) is 10.3 Å². The van der Waals surface area contributed by atoms with Crippen molar-refractivity contribution in [1.82, 2.24) is 4.98 Å². The fourth-order valence-electron chi connectivity index (χ4n) is 1.89. The van der Waals surface area contributed by atoms with E-state index >= 15 is 0 Å². The molecule has 0 saturated heterocycles. The van der Waals surface area contributed by atoms with Crippen LogP contribution >= 0.6 is 22.9 Å². The van der Waals surface area contributed by atoms with Crippen LogP contribution in [0.3, 0.4) is 0 Å². The summed E-state index contributed by atoms with van der Waals surface area (Å²) in [5.41, 5.74) is 2.98. The third-order valence-electron chi connectivity index (χ3n) is 2.89. The highest BCUT2D eigenvalue weighted by molar-refractivity contribution is 7.10. The number of nitrogens with zero attached hydrogens (tertiary/aromatic N) is 1. The van der Waals surface area contributed by atoms with E-state index in [-0.39, 0.29) is 0 Å². The monoisotopic (exact) mass is 304 g/mol. The lowest BCUT2D eigenvalue weighted by atomic mass is 10.1. The molecule has 0 spiro atoms. The van der Waals surface area contributed by atoms with Gasteiger partial charge in [-0.05, 0) is 18.2 Å². The van der Waals surface area contributed by atoms with Crippen molar-refractivity contribution in [1.29, 1.82) is 0 Å². The quantitative estimate of drug-likeness (QED) is 0.739. The van der Waals surface area contributed by atoms with E-state index in [9.17, 15) is 0 Å². The third kappa shape index (κ3) is 3.03. The van der Waals surface area contributed by atoms with Crippen LogP contribution in [-0.4, -0.2) is 4.98 Å². The van der Waals surface area contributed by atoms with Crippen molar-refractivity contribution >= 4 is 28.6 Å². The molecule has 20 heavy (non-hydrogen) atoms. The Balaban J connectivity index is 1.67. The van der Waals surface area contributed by atoms with Crippen LogP contribution in [0.1, 0.15) is 10.8 Å². The van der Waals surface area contributed by atoms with Gasteiger partial charge in [-0.1, -0.05) is 23.7 Å². The average Bonchev–Trinajstić information content (AvgIpc) is 3.06. The largest absolute Gasteiger partial charge is 0.449 e. The van der Waals surface area contributed by atoms with Crippen molar-refractivity contribution in [2.45, 2.75) is 13.5 Å². The number of rotatable bonds is 4. The second kappa shape index (κ2) is 5.69. The molecule has 0 fully saturated rings. The highest BCUT2D eigenvalue weighted by atomic mass is 35.5. The van der Waals surface area contributed by atoms with Crippen molar-refractivity contribution < 1.29 is 4.42 Å². The van der Waals surface area contributed by atoms with E-state index in [1.807, 2.05) is 42.6 Å². The van der Waals surface area contributed by atoms with Gasteiger partial charge in [0.2, 0.25) is 0 Å². The first-order valence-electron chi connectivity index (χ1n) is 6.20. The predicted octanol–water partition coefficient (Wildman–Crippen LogP) is 4.98. The molecule has 0 aliphatic carbocycles. The van der Waals surface area contributed by atoms with Crippen molar-refractivity contribution in [2.75, 3.05) is 5.32 Å². The molecule has 5 heteroatoms. The van der Waals surface area contributed by atoms with Gasteiger partial charge in [0, 0.05) is 35.0 Å². The van der Waals surface area contributed by atoms with Crippen LogP contribution in [0.15, 0.2) is 46.4 Å². The Kier molecular flexibility index (Phi) is 3.76. The molecule has 2 aromatic heterocycles. The molecule has 0 unspecified atom stereocenters. The van der Waals surface area contributed by atoms with Gasteiger partial charge in [0.1, 0.15) is 12.0 Å². The summed E-state index contributed by atoms with van der Waals surface area (Å²) in [6.45, 7) is 2.62. The molecule has 0 aliphatic rings. The van der Waals surface area contributed by atoms with E-state index in [0.29, 0.717) is 5.89 Å². The number of aryl methyl sites for hydroxylation is 1. The number of aromatic nitrogens is 1. The topological polar surface area (TPSA) is 38.1 Å². The van der Waals surface area contributed by atoms with Crippen molar-refractivity contribution in [2.24, 2.45) is 0 Å². The Bertz CT molecular complexity index is 703. The fourth-order valence-corrected chi connectivity index (χ4v) is 2.90. The first-order chi connectivity index (χ1) is 9.70. The Hall–Kier alpha value is -1.78. The van der Waals surface area contributed by atoms with Crippen LogP contribution < -0.4 is 5.32 Å². The summed E-state index contributed by atoms with van der Waals surface area (Å²) in [4.78, 5) is 5.52. The molecule has 0 saturated carbocycles. The number of halogens is 1. The van der Waals surface area contributed by atoms with Gasteiger partial charge >= 0.3 is 0 Å². The van der Waals surface area contributed by atoms with E-state index < -0.39 is 0 Å². The molecule has 1 N–H and O–H groups in total. The Labute approximate surface area is 126 Å². The molecular formula is C15H13ClN2OS. The molecule has 3 nitrogen and oxygen atoms in total. The highest BCUT2D eigenvalue weighted by Crippen LogP contribution is 2.23. The molecule has 0 atom stereocenters. The minimum Gasteiger partial charge on any atom is -0.449 e. The van der Waals surface area contributed by atoms with E-state index in [4.69, 9.17) is 16.0 Å². The minimum atomic E-state index is 0.678. The van der Waals surface area contributed by atoms with Gasteiger partial charge in [-0.3, -0.25) is 0 Å². The molecule has 0 bridgehead atoms. The number of anilines is 1. The average molecular weight is 305 g/mol. The van der Waals surface area contributed by atoms with Crippen molar-refractivity contribution in [3.8, 4) is 11.3 Å². The smallest absolute Gasteiger partial charge is 0.191 e. The van der Waals surface area contributed by atoms with Crippen molar-refractivity contribution in [3.05, 3.63) is 57.8 Å². The highest BCUT2D eigenvalue weighted by Gasteiger charge is 2.03. The Morgan fingerprint density at radius 3 is 2.70 bits per heavy atom.